The first-order chi connectivity index (χ1) is 32.8. The highest BCUT2D eigenvalue weighted by atomic mass is 32.1. The second-order valence-corrected chi connectivity index (χ2v) is 17.1. The van der Waals surface area contributed by atoms with E-state index in [4.69, 9.17) is 11.1 Å². The fourth-order valence-corrected chi connectivity index (χ4v) is 9.10. The van der Waals surface area contributed by atoms with Gasteiger partial charge in [0.2, 0.25) is 0 Å². The fourth-order valence-electron chi connectivity index (χ4n) is 7.98. The van der Waals surface area contributed by atoms with Crippen molar-refractivity contribution in [2.75, 3.05) is 0 Å². The number of allylic oxidation sites excluding steroid dienone is 4. The average Bonchev–Trinajstić information content (AvgIpc) is 3.75. The molecule has 0 saturated heterocycles. The summed E-state index contributed by atoms with van der Waals surface area (Å²) in [5.74, 6) is 0. The molecule has 0 saturated carbocycles. The van der Waals surface area contributed by atoms with Crippen LogP contribution in [0.1, 0.15) is 55.5 Å². The molecule has 0 spiro atoms. The minimum Gasteiger partial charge on any atom is -0.326 e. The van der Waals surface area contributed by atoms with Crippen molar-refractivity contribution in [2.45, 2.75) is 48.1 Å². The van der Waals surface area contributed by atoms with Gasteiger partial charge in [-0.15, -0.1) is 11.3 Å². The number of hydrogen-bond donors (Lipinski definition) is 2. The number of rotatable bonds is 7. The van der Waals surface area contributed by atoms with Crippen LogP contribution in [0.4, 0.5) is 0 Å². The summed E-state index contributed by atoms with van der Waals surface area (Å²) < 4.78 is 2.69. The van der Waals surface area contributed by atoms with Gasteiger partial charge in [-0.05, 0) is 137 Å². The van der Waals surface area contributed by atoms with E-state index in [0.29, 0.717) is 6.54 Å². The highest BCUT2D eigenvalue weighted by Gasteiger charge is 2.10. The van der Waals surface area contributed by atoms with Crippen LogP contribution in [0, 0.1) is 19.3 Å². The van der Waals surface area contributed by atoms with Crippen LogP contribution < -0.4 is 5.73 Å². The second-order valence-electron chi connectivity index (χ2n) is 16.0. The third-order valence-corrected chi connectivity index (χ3v) is 12.6. The molecule has 67 heavy (non-hydrogen) atoms. The Bertz CT molecular complexity index is 3190. The van der Waals surface area contributed by atoms with Gasteiger partial charge in [-0.25, -0.2) is 0 Å². The van der Waals surface area contributed by atoms with Crippen LogP contribution in [-0.2, 0) is 6.54 Å². The third kappa shape index (κ3) is 12.9. The molecule has 3 heteroatoms. The van der Waals surface area contributed by atoms with Gasteiger partial charge in [0.15, 0.2) is 0 Å². The molecule has 0 aliphatic carbocycles. The Hall–Kier alpha value is -7.43. The molecule has 1 heterocycles. The van der Waals surface area contributed by atoms with Crippen LogP contribution in [-0.4, -0.2) is 6.72 Å². The SMILES string of the molecule is C/C=C(\C=C(/C)c1cccc(-c2cccc(C)c2)c1)c1ccc2sc3cc4ccccc4cc3c2c1.C=N.CC.Cc1cccc(-c2ccccc2)c1.NCc1ccc(-c2ccccc2)cc1. The third-order valence-electron chi connectivity index (χ3n) is 11.4. The number of aryl methyl sites for hydroxylation is 2. The molecule has 334 valence electrons. The molecule has 0 amide bonds. The lowest BCUT2D eigenvalue weighted by Crippen LogP contribution is -1.95. The minimum absolute atomic E-state index is 0.606. The molecule has 0 aliphatic heterocycles. The lowest BCUT2D eigenvalue weighted by atomic mass is 9.95. The summed E-state index contributed by atoms with van der Waals surface area (Å²) in [5, 5.41) is 10.8. The molecule has 0 atom stereocenters. The van der Waals surface area contributed by atoms with Crippen LogP contribution >= 0.6 is 11.3 Å². The lowest BCUT2D eigenvalue weighted by Gasteiger charge is -2.09. The molecular weight excluding hydrogens is 829 g/mol. The summed E-state index contributed by atoms with van der Waals surface area (Å²) in [4.78, 5) is 0. The molecule has 1 aromatic heterocycles. The van der Waals surface area contributed by atoms with Gasteiger partial charge in [0.05, 0.1) is 0 Å². The van der Waals surface area contributed by atoms with Crippen LogP contribution in [0.5, 0.6) is 0 Å². The van der Waals surface area contributed by atoms with Crippen molar-refractivity contribution in [1.29, 1.82) is 5.41 Å². The standard InChI is InChI=1S/C35H28S.C13H13N.C13H12.C2H6.CH3N/c1-4-25(18-24(3)26-12-8-14-28(19-26)27-13-7-9-23(2)17-27)31-15-16-34-32(21-31)33-20-29-10-5-6-11-30(29)22-35(33)36-34;14-10-11-6-8-13(9-7-11)12-4-2-1-3-5-12;1-11-6-5-9-13(10-11)12-7-3-2-4-8-12;2*1-2/h4-22H,1-3H3;1-9H,10,14H2;2-10H,1H3;1-2H3;2H,1H2/b24-18+,25-4+;;;;. The van der Waals surface area contributed by atoms with E-state index in [1.54, 1.807) is 0 Å². The van der Waals surface area contributed by atoms with Crippen molar-refractivity contribution in [3.8, 4) is 33.4 Å². The van der Waals surface area contributed by atoms with Gasteiger partial charge in [-0.3, -0.25) is 0 Å². The van der Waals surface area contributed by atoms with Gasteiger partial charge in [-0.2, -0.15) is 0 Å². The van der Waals surface area contributed by atoms with Crippen LogP contribution in [0.2, 0.25) is 0 Å². The summed E-state index contributed by atoms with van der Waals surface area (Å²) in [6, 6.07) is 75.5. The Labute approximate surface area is 403 Å². The summed E-state index contributed by atoms with van der Waals surface area (Å²) in [7, 11) is 0. The topological polar surface area (TPSA) is 49.9 Å². The number of nitrogens with two attached hydrogens (primary N) is 1. The number of hydrogen-bond acceptors (Lipinski definition) is 3. The van der Waals surface area contributed by atoms with Crippen molar-refractivity contribution < 1.29 is 0 Å². The van der Waals surface area contributed by atoms with E-state index < -0.39 is 0 Å². The average molecular weight is 891 g/mol. The smallest absolute Gasteiger partial charge is 0.0361 e. The highest BCUT2D eigenvalue weighted by Crippen LogP contribution is 2.38. The van der Waals surface area contributed by atoms with Gasteiger partial charge >= 0.3 is 0 Å². The normalized spacial score (nSPS) is 11.0. The zero-order valence-electron chi connectivity index (χ0n) is 39.8. The van der Waals surface area contributed by atoms with Crippen molar-refractivity contribution in [3.05, 3.63) is 252 Å². The van der Waals surface area contributed by atoms with Crippen molar-refractivity contribution in [1.82, 2.24) is 0 Å². The van der Waals surface area contributed by atoms with Crippen molar-refractivity contribution in [3.63, 3.8) is 0 Å². The maximum atomic E-state index is 5.54. The maximum Gasteiger partial charge on any atom is 0.0361 e. The molecule has 3 N–H and O–H groups in total. The van der Waals surface area contributed by atoms with Crippen LogP contribution in [0.3, 0.4) is 0 Å². The largest absolute Gasteiger partial charge is 0.326 e. The van der Waals surface area contributed by atoms with Gasteiger partial charge in [0.25, 0.3) is 0 Å². The number of fused-ring (bicyclic) bond motifs is 4. The minimum atomic E-state index is 0.606. The number of nitrogens with one attached hydrogen (secondary N) is 1. The van der Waals surface area contributed by atoms with Crippen LogP contribution in [0.25, 0.3) is 75.5 Å². The van der Waals surface area contributed by atoms with Crippen LogP contribution in [0.15, 0.2) is 224 Å². The van der Waals surface area contributed by atoms with E-state index in [9.17, 15) is 0 Å². The first kappa shape index (κ1) is 49.0. The van der Waals surface area contributed by atoms with E-state index in [0.717, 1.165) is 0 Å². The Morgan fingerprint density at radius 2 is 0.955 bits per heavy atom. The Balaban J connectivity index is 0.000000195. The van der Waals surface area contributed by atoms with Gasteiger partial charge in [0, 0.05) is 26.7 Å². The van der Waals surface area contributed by atoms with E-state index in [-0.39, 0.29) is 0 Å². The monoisotopic (exact) mass is 890 g/mol. The van der Waals surface area contributed by atoms with Gasteiger partial charge in [0.1, 0.15) is 0 Å². The van der Waals surface area contributed by atoms with E-state index >= 15 is 0 Å². The van der Waals surface area contributed by atoms with E-state index in [1.165, 1.54) is 103 Å². The Kier molecular flexibility index (Phi) is 18.1. The fraction of sp³-hybridized carbons (Fsp3) is 0.109. The highest BCUT2D eigenvalue weighted by molar-refractivity contribution is 7.25. The Morgan fingerprint density at radius 3 is 1.52 bits per heavy atom. The Morgan fingerprint density at radius 1 is 0.478 bits per heavy atom. The summed E-state index contributed by atoms with van der Waals surface area (Å²) >= 11 is 1.88. The molecular formula is C64H62N2S. The molecule has 9 aromatic carbocycles. The second kappa shape index (κ2) is 24.7. The van der Waals surface area contributed by atoms with E-state index in [1.807, 2.05) is 49.4 Å². The zero-order chi connectivity index (χ0) is 47.5. The molecule has 10 rings (SSSR count). The van der Waals surface area contributed by atoms with Crippen molar-refractivity contribution >= 4 is 60.1 Å². The van der Waals surface area contributed by atoms with Crippen molar-refractivity contribution in [2.24, 2.45) is 5.73 Å². The molecule has 0 bridgehead atoms. The first-order valence-corrected chi connectivity index (χ1v) is 23.9. The zero-order valence-corrected chi connectivity index (χ0v) is 40.6. The lowest BCUT2D eigenvalue weighted by molar-refractivity contribution is 1.07. The summed E-state index contributed by atoms with van der Waals surface area (Å²) in [6.07, 6.45) is 4.54. The number of thiophene rings is 1. The molecule has 0 radical (unpaired) electrons. The molecule has 0 aliphatic rings. The molecule has 10 aromatic rings. The molecule has 2 nitrogen and oxygen atoms in total. The predicted molar refractivity (Wildman–Crippen MR) is 298 cm³/mol. The van der Waals surface area contributed by atoms with E-state index in [2.05, 4.69) is 235 Å². The summed E-state index contributed by atoms with van der Waals surface area (Å²) in [6.45, 7) is 15.7. The maximum absolute atomic E-state index is 5.54. The molecule has 0 unspecified atom stereocenters. The number of benzene rings is 9. The quantitative estimate of drug-likeness (QED) is 0.122. The van der Waals surface area contributed by atoms with Gasteiger partial charge < -0.3 is 11.1 Å². The predicted octanol–water partition coefficient (Wildman–Crippen LogP) is 18.5. The molecule has 0 fully saturated rings. The van der Waals surface area contributed by atoms with Gasteiger partial charge in [-0.1, -0.05) is 219 Å². The summed E-state index contributed by atoms with van der Waals surface area (Å²) in [5.41, 5.74) is 21.9. The first-order valence-electron chi connectivity index (χ1n) is 23.0.